The molecule has 2 aromatic rings. The molecule has 2 heterocycles. The Labute approximate surface area is 166 Å². The van der Waals surface area contributed by atoms with Crippen LogP contribution in [0.4, 0.5) is 10.1 Å². The van der Waals surface area contributed by atoms with Gasteiger partial charge in [0.05, 0.1) is 17.5 Å². The van der Waals surface area contributed by atoms with Gasteiger partial charge in [-0.25, -0.2) is 9.29 Å². The molecule has 0 saturated carbocycles. The number of imide groups is 1. The van der Waals surface area contributed by atoms with Gasteiger partial charge in [0.1, 0.15) is 17.6 Å². The van der Waals surface area contributed by atoms with Crippen LogP contribution in [0.2, 0.25) is 0 Å². The van der Waals surface area contributed by atoms with Crippen molar-refractivity contribution in [3.05, 3.63) is 58.3 Å². The Balaban J connectivity index is 1.80. The Morgan fingerprint density at radius 2 is 1.71 bits per heavy atom. The van der Waals surface area contributed by atoms with Crippen molar-refractivity contribution >= 4 is 39.4 Å². The monoisotopic (exact) mass is 448 g/mol. The van der Waals surface area contributed by atoms with Gasteiger partial charge in [0.15, 0.2) is 0 Å². The van der Waals surface area contributed by atoms with E-state index in [4.69, 9.17) is 0 Å². The molecule has 144 valence electrons. The average Bonchev–Trinajstić information content (AvgIpc) is 3.16. The second-order valence-corrected chi connectivity index (χ2v) is 7.62. The fraction of sp³-hybridized carbons (Fsp3) is 0.211. The Hall–Kier alpha value is -2.78. The topological polar surface area (TPSA) is 107 Å². The number of carboxylic acid groups (broad SMARTS) is 1. The highest BCUT2D eigenvalue weighted by molar-refractivity contribution is 9.10. The molecule has 2 saturated heterocycles. The molecule has 2 aliphatic heterocycles. The smallest absolute Gasteiger partial charge is 0.321 e. The van der Waals surface area contributed by atoms with Crippen LogP contribution in [0.1, 0.15) is 11.6 Å². The molecule has 2 aromatic carbocycles. The van der Waals surface area contributed by atoms with Gasteiger partial charge < -0.3 is 10.2 Å². The molecule has 4 rings (SSSR count). The highest BCUT2D eigenvalue weighted by Gasteiger charge is 2.61. The molecule has 7 nitrogen and oxygen atoms in total. The van der Waals surface area contributed by atoms with Gasteiger partial charge in [-0.1, -0.05) is 15.9 Å². The number of aromatic hydroxyl groups is 1. The van der Waals surface area contributed by atoms with Gasteiger partial charge in [-0.2, -0.15) is 0 Å². The van der Waals surface area contributed by atoms with Crippen molar-refractivity contribution in [2.24, 2.45) is 11.8 Å². The summed E-state index contributed by atoms with van der Waals surface area (Å²) in [6, 6.07) is 7.26. The summed E-state index contributed by atoms with van der Waals surface area (Å²) in [7, 11) is 0. The molecule has 2 amide bonds. The van der Waals surface area contributed by atoms with Crippen molar-refractivity contribution in [1.82, 2.24) is 5.32 Å². The second kappa shape index (κ2) is 6.68. The standard InChI is InChI=1S/C19H14BrFN2O5/c20-8-1-6-12(24)11(7-8)15-13-14(16(22-15)19(27)28)18(26)23(17(13)25)10-4-2-9(21)3-5-10/h1-7,13-16,22,24H,(H,27,28)/t13-,14+,15-,16-/m1/s1. The van der Waals surface area contributed by atoms with E-state index in [9.17, 15) is 29.0 Å². The Bertz CT molecular complexity index is 996. The van der Waals surface area contributed by atoms with Crippen molar-refractivity contribution < 1.29 is 29.0 Å². The SMILES string of the molecule is O=C(O)[C@@H]1N[C@H](c2cc(Br)ccc2O)[C@@H]2C(=O)N(c3ccc(F)cc3)C(=O)[C@@H]21. The summed E-state index contributed by atoms with van der Waals surface area (Å²) in [5.41, 5.74) is 0.488. The summed E-state index contributed by atoms with van der Waals surface area (Å²) in [6.45, 7) is 0. The predicted molar refractivity (Wildman–Crippen MR) is 99.0 cm³/mol. The molecule has 0 spiro atoms. The molecule has 9 heteroatoms. The second-order valence-electron chi connectivity index (χ2n) is 6.70. The minimum atomic E-state index is -1.30. The third kappa shape index (κ3) is 2.78. The van der Waals surface area contributed by atoms with E-state index in [1.54, 1.807) is 12.1 Å². The third-order valence-corrected chi connectivity index (χ3v) is 5.64. The summed E-state index contributed by atoms with van der Waals surface area (Å²) >= 11 is 3.29. The molecule has 28 heavy (non-hydrogen) atoms. The van der Waals surface area contributed by atoms with E-state index >= 15 is 0 Å². The zero-order valence-corrected chi connectivity index (χ0v) is 15.8. The number of anilines is 1. The van der Waals surface area contributed by atoms with Crippen molar-refractivity contribution in [3.63, 3.8) is 0 Å². The van der Waals surface area contributed by atoms with E-state index < -0.39 is 47.5 Å². The lowest BCUT2D eigenvalue weighted by molar-refractivity contribution is -0.142. The van der Waals surface area contributed by atoms with E-state index in [2.05, 4.69) is 21.2 Å². The fourth-order valence-corrected chi connectivity index (χ4v) is 4.32. The van der Waals surface area contributed by atoms with Crippen molar-refractivity contribution in [3.8, 4) is 5.75 Å². The third-order valence-electron chi connectivity index (χ3n) is 5.15. The lowest BCUT2D eigenvalue weighted by Crippen LogP contribution is -2.43. The Kier molecular flexibility index (Phi) is 4.43. The molecule has 0 aromatic heterocycles. The highest BCUT2D eigenvalue weighted by atomic mass is 79.9. The molecular formula is C19H14BrFN2O5. The number of nitrogens with zero attached hydrogens (tertiary/aromatic N) is 1. The predicted octanol–water partition coefficient (Wildman–Crippen LogP) is 2.20. The van der Waals surface area contributed by atoms with Crippen molar-refractivity contribution in [2.75, 3.05) is 4.90 Å². The van der Waals surface area contributed by atoms with Gasteiger partial charge in [-0.3, -0.25) is 19.7 Å². The van der Waals surface area contributed by atoms with Crippen LogP contribution in [0.25, 0.3) is 0 Å². The van der Waals surface area contributed by atoms with E-state index in [0.29, 0.717) is 10.0 Å². The van der Waals surface area contributed by atoms with Gasteiger partial charge in [-0.15, -0.1) is 0 Å². The molecule has 2 fully saturated rings. The minimum Gasteiger partial charge on any atom is -0.508 e. The van der Waals surface area contributed by atoms with Crippen LogP contribution < -0.4 is 10.2 Å². The summed E-state index contributed by atoms with van der Waals surface area (Å²) in [5.74, 6) is -5.33. The molecule has 0 radical (unpaired) electrons. The molecule has 0 unspecified atom stereocenters. The van der Waals surface area contributed by atoms with Crippen LogP contribution in [0.5, 0.6) is 5.75 Å². The minimum absolute atomic E-state index is 0.119. The molecule has 2 aliphatic rings. The number of aliphatic carboxylic acids is 1. The van der Waals surface area contributed by atoms with Crippen LogP contribution in [-0.2, 0) is 14.4 Å². The van der Waals surface area contributed by atoms with Crippen molar-refractivity contribution in [2.45, 2.75) is 12.1 Å². The lowest BCUT2D eigenvalue weighted by atomic mass is 9.86. The Morgan fingerprint density at radius 1 is 1.07 bits per heavy atom. The zero-order chi connectivity index (χ0) is 20.2. The quantitative estimate of drug-likeness (QED) is 0.621. The number of halogens is 2. The number of carbonyl (C=O) groups is 3. The first kappa shape index (κ1) is 18.6. The van der Waals surface area contributed by atoms with Crippen LogP contribution in [0, 0.1) is 17.7 Å². The Morgan fingerprint density at radius 3 is 2.36 bits per heavy atom. The van der Waals surface area contributed by atoms with Crippen LogP contribution in [0.15, 0.2) is 46.9 Å². The molecule has 0 aliphatic carbocycles. The lowest BCUT2D eigenvalue weighted by Gasteiger charge is -2.22. The number of phenolic OH excluding ortho intramolecular Hbond substituents is 1. The van der Waals surface area contributed by atoms with E-state index in [-0.39, 0.29) is 11.4 Å². The summed E-state index contributed by atoms with van der Waals surface area (Å²) in [4.78, 5) is 38.7. The zero-order valence-electron chi connectivity index (χ0n) is 14.2. The molecular weight excluding hydrogens is 435 g/mol. The van der Waals surface area contributed by atoms with Gasteiger partial charge >= 0.3 is 5.97 Å². The number of rotatable bonds is 3. The number of hydrogen-bond donors (Lipinski definition) is 3. The van der Waals surface area contributed by atoms with E-state index in [1.165, 1.54) is 18.2 Å². The van der Waals surface area contributed by atoms with Gasteiger partial charge in [0.25, 0.3) is 0 Å². The summed E-state index contributed by atoms with van der Waals surface area (Å²) < 4.78 is 13.9. The molecule has 4 atom stereocenters. The van der Waals surface area contributed by atoms with Crippen LogP contribution >= 0.6 is 15.9 Å². The first-order chi connectivity index (χ1) is 13.3. The number of amides is 2. The summed E-state index contributed by atoms with van der Waals surface area (Å²) in [6.07, 6.45) is 0. The van der Waals surface area contributed by atoms with Crippen molar-refractivity contribution in [1.29, 1.82) is 0 Å². The first-order valence-corrected chi connectivity index (χ1v) is 9.19. The van der Waals surface area contributed by atoms with E-state index in [1.807, 2.05) is 0 Å². The number of hydrogen-bond acceptors (Lipinski definition) is 5. The number of carboxylic acids is 1. The molecule has 0 bridgehead atoms. The van der Waals surface area contributed by atoms with Gasteiger partial charge in [0, 0.05) is 16.1 Å². The van der Waals surface area contributed by atoms with Crippen LogP contribution in [-0.4, -0.2) is 34.0 Å². The van der Waals surface area contributed by atoms with Crippen LogP contribution in [0.3, 0.4) is 0 Å². The number of fused-ring (bicyclic) bond motifs is 1. The average molecular weight is 449 g/mol. The molecule has 3 N–H and O–H groups in total. The van der Waals surface area contributed by atoms with Gasteiger partial charge in [-0.05, 0) is 42.5 Å². The maximum absolute atomic E-state index is 13.2. The number of benzene rings is 2. The maximum atomic E-state index is 13.2. The number of phenols is 1. The maximum Gasteiger partial charge on any atom is 0.321 e. The fourth-order valence-electron chi connectivity index (χ4n) is 3.94. The largest absolute Gasteiger partial charge is 0.508 e. The summed E-state index contributed by atoms with van der Waals surface area (Å²) in [5, 5.41) is 22.6. The van der Waals surface area contributed by atoms with E-state index in [0.717, 1.165) is 17.0 Å². The first-order valence-electron chi connectivity index (χ1n) is 8.40. The number of nitrogens with one attached hydrogen (secondary N) is 1. The van der Waals surface area contributed by atoms with Gasteiger partial charge in [0.2, 0.25) is 11.8 Å². The number of carbonyl (C=O) groups excluding carboxylic acids is 2. The normalized spacial score (nSPS) is 26.6. The highest BCUT2D eigenvalue weighted by Crippen LogP contribution is 2.47.